The standard InChI is InChI=1S/C21H33N3O5S/c1-4-17(2)22-20(25)16-23-11-13-24(14-12-23)21(26)6-5-15-29-18-7-9-19(10-8-18)30(3,27)28/h7-10,17H,4-6,11-16H2,1-3H3,(H,22,25). The third-order valence-electron chi connectivity index (χ3n) is 5.17. The first kappa shape index (κ1) is 24.1. The van der Waals surface area contributed by atoms with Crippen LogP contribution in [0, 0.1) is 0 Å². The lowest BCUT2D eigenvalue weighted by molar-refractivity contribution is -0.133. The average molecular weight is 440 g/mol. The zero-order chi connectivity index (χ0) is 22.1. The van der Waals surface area contributed by atoms with Crippen LogP contribution in [0.2, 0.25) is 0 Å². The number of carbonyl (C=O) groups excluding carboxylic acids is 2. The van der Waals surface area contributed by atoms with Crippen molar-refractivity contribution in [2.75, 3.05) is 45.6 Å². The van der Waals surface area contributed by atoms with Crippen molar-refractivity contribution in [2.45, 2.75) is 44.0 Å². The molecule has 2 rings (SSSR count). The van der Waals surface area contributed by atoms with Crippen molar-refractivity contribution in [2.24, 2.45) is 0 Å². The molecule has 1 fully saturated rings. The van der Waals surface area contributed by atoms with Gasteiger partial charge in [-0.3, -0.25) is 14.5 Å². The normalized spacial score (nSPS) is 16.2. The van der Waals surface area contributed by atoms with Gasteiger partial charge in [0.25, 0.3) is 0 Å². The summed E-state index contributed by atoms with van der Waals surface area (Å²) in [5, 5.41) is 2.96. The molecule has 0 aliphatic carbocycles. The number of hydrogen-bond donors (Lipinski definition) is 1. The quantitative estimate of drug-likeness (QED) is 0.552. The molecule has 30 heavy (non-hydrogen) atoms. The maximum Gasteiger partial charge on any atom is 0.234 e. The summed E-state index contributed by atoms with van der Waals surface area (Å²) in [5.74, 6) is 0.708. The van der Waals surface area contributed by atoms with Gasteiger partial charge in [-0.05, 0) is 44.0 Å². The number of sulfone groups is 1. The number of carbonyl (C=O) groups is 2. The van der Waals surface area contributed by atoms with Gasteiger partial charge < -0.3 is 15.0 Å². The Morgan fingerprint density at radius 2 is 1.77 bits per heavy atom. The number of ether oxygens (including phenoxy) is 1. The van der Waals surface area contributed by atoms with Crippen molar-refractivity contribution in [3.63, 3.8) is 0 Å². The van der Waals surface area contributed by atoms with Crippen LogP contribution in [-0.2, 0) is 19.4 Å². The van der Waals surface area contributed by atoms with Crippen LogP contribution in [0.3, 0.4) is 0 Å². The van der Waals surface area contributed by atoms with E-state index < -0.39 is 9.84 Å². The van der Waals surface area contributed by atoms with Gasteiger partial charge in [0.2, 0.25) is 11.8 Å². The van der Waals surface area contributed by atoms with Crippen molar-refractivity contribution in [3.8, 4) is 5.75 Å². The van der Waals surface area contributed by atoms with E-state index in [1.807, 2.05) is 18.7 Å². The second-order valence-corrected chi connectivity index (χ2v) is 9.75. The molecule has 0 bridgehead atoms. The number of rotatable bonds is 10. The van der Waals surface area contributed by atoms with Crippen LogP contribution < -0.4 is 10.1 Å². The molecule has 1 unspecified atom stereocenters. The maximum atomic E-state index is 12.4. The molecule has 9 heteroatoms. The Morgan fingerprint density at radius 3 is 2.33 bits per heavy atom. The molecule has 1 aromatic rings. The van der Waals surface area contributed by atoms with Gasteiger partial charge in [0.15, 0.2) is 9.84 Å². The molecule has 1 N–H and O–H groups in total. The summed E-state index contributed by atoms with van der Waals surface area (Å²) in [7, 11) is -3.22. The molecule has 1 aliphatic rings. The second-order valence-electron chi connectivity index (χ2n) is 7.73. The van der Waals surface area contributed by atoms with Gasteiger partial charge in [0.1, 0.15) is 5.75 Å². The number of hydrogen-bond acceptors (Lipinski definition) is 6. The van der Waals surface area contributed by atoms with Crippen LogP contribution in [0.4, 0.5) is 0 Å². The summed E-state index contributed by atoms with van der Waals surface area (Å²) in [6.07, 6.45) is 3.06. The molecule has 2 amide bonds. The second kappa shape index (κ2) is 11.3. The minimum Gasteiger partial charge on any atom is -0.494 e. The summed E-state index contributed by atoms with van der Waals surface area (Å²) in [6.45, 7) is 7.44. The summed E-state index contributed by atoms with van der Waals surface area (Å²) in [4.78, 5) is 28.5. The van der Waals surface area contributed by atoms with Gasteiger partial charge in [0, 0.05) is 44.9 Å². The van der Waals surface area contributed by atoms with Crippen molar-refractivity contribution in [1.29, 1.82) is 0 Å². The number of benzene rings is 1. The minimum atomic E-state index is -3.22. The fourth-order valence-corrected chi connectivity index (χ4v) is 3.77. The topological polar surface area (TPSA) is 96.0 Å². The van der Waals surface area contributed by atoms with Crippen molar-refractivity contribution < 1.29 is 22.7 Å². The average Bonchev–Trinajstić information content (AvgIpc) is 2.71. The first-order chi connectivity index (χ1) is 14.2. The Kier molecular flexibility index (Phi) is 9.10. The molecule has 1 atom stereocenters. The van der Waals surface area contributed by atoms with E-state index in [0.717, 1.165) is 12.7 Å². The number of nitrogens with one attached hydrogen (secondary N) is 1. The van der Waals surface area contributed by atoms with Gasteiger partial charge in [-0.15, -0.1) is 0 Å². The zero-order valence-electron chi connectivity index (χ0n) is 18.1. The largest absolute Gasteiger partial charge is 0.494 e. The Bertz CT molecular complexity index is 802. The lowest BCUT2D eigenvalue weighted by Crippen LogP contribution is -2.51. The summed E-state index contributed by atoms with van der Waals surface area (Å²) < 4.78 is 28.5. The Hall–Kier alpha value is -2.13. The Morgan fingerprint density at radius 1 is 1.13 bits per heavy atom. The first-order valence-corrected chi connectivity index (χ1v) is 12.3. The van der Waals surface area contributed by atoms with Crippen molar-refractivity contribution in [1.82, 2.24) is 15.1 Å². The highest BCUT2D eigenvalue weighted by Gasteiger charge is 2.22. The van der Waals surface area contributed by atoms with E-state index in [0.29, 0.717) is 57.9 Å². The molecule has 0 aromatic heterocycles. The lowest BCUT2D eigenvalue weighted by atomic mass is 10.2. The van der Waals surface area contributed by atoms with Crippen LogP contribution in [0.5, 0.6) is 5.75 Å². The van der Waals surface area contributed by atoms with E-state index in [4.69, 9.17) is 4.74 Å². The molecule has 8 nitrogen and oxygen atoms in total. The molecule has 0 saturated carbocycles. The maximum absolute atomic E-state index is 12.4. The number of piperazine rings is 1. The van der Waals surface area contributed by atoms with E-state index in [-0.39, 0.29) is 22.8 Å². The highest BCUT2D eigenvalue weighted by atomic mass is 32.2. The Balaban J connectivity index is 1.64. The summed E-state index contributed by atoms with van der Waals surface area (Å²) in [6, 6.07) is 6.45. The van der Waals surface area contributed by atoms with Gasteiger partial charge in [-0.2, -0.15) is 0 Å². The third kappa shape index (κ3) is 7.95. The molecule has 1 saturated heterocycles. The van der Waals surface area contributed by atoms with Crippen LogP contribution in [0.1, 0.15) is 33.1 Å². The third-order valence-corrected chi connectivity index (χ3v) is 6.30. The molecule has 168 valence electrons. The smallest absolute Gasteiger partial charge is 0.234 e. The van der Waals surface area contributed by atoms with Crippen LogP contribution in [0.25, 0.3) is 0 Å². The fourth-order valence-electron chi connectivity index (χ4n) is 3.14. The molecule has 1 aromatic carbocycles. The van der Waals surface area contributed by atoms with E-state index in [2.05, 4.69) is 10.2 Å². The van der Waals surface area contributed by atoms with Crippen LogP contribution in [-0.4, -0.2) is 81.7 Å². The van der Waals surface area contributed by atoms with E-state index in [9.17, 15) is 18.0 Å². The van der Waals surface area contributed by atoms with Gasteiger partial charge in [-0.25, -0.2) is 8.42 Å². The minimum absolute atomic E-state index is 0.0332. The molecule has 1 heterocycles. The highest BCUT2D eigenvalue weighted by molar-refractivity contribution is 7.90. The number of amides is 2. The van der Waals surface area contributed by atoms with Crippen LogP contribution >= 0.6 is 0 Å². The SMILES string of the molecule is CCC(C)NC(=O)CN1CCN(C(=O)CCCOc2ccc(S(C)(=O)=O)cc2)CC1. The van der Waals surface area contributed by atoms with Gasteiger partial charge in [0.05, 0.1) is 18.0 Å². The van der Waals surface area contributed by atoms with Gasteiger partial charge in [-0.1, -0.05) is 6.92 Å². The van der Waals surface area contributed by atoms with Crippen molar-refractivity contribution in [3.05, 3.63) is 24.3 Å². The fraction of sp³-hybridized carbons (Fsp3) is 0.619. The molecule has 1 aliphatic heterocycles. The van der Waals surface area contributed by atoms with Gasteiger partial charge >= 0.3 is 0 Å². The predicted molar refractivity (Wildman–Crippen MR) is 115 cm³/mol. The number of nitrogens with zero attached hydrogens (tertiary/aromatic N) is 2. The molecule has 0 radical (unpaired) electrons. The first-order valence-electron chi connectivity index (χ1n) is 10.4. The Labute approximate surface area is 179 Å². The summed E-state index contributed by atoms with van der Waals surface area (Å²) >= 11 is 0. The molecular weight excluding hydrogens is 406 g/mol. The van der Waals surface area contributed by atoms with Crippen molar-refractivity contribution >= 4 is 21.7 Å². The van der Waals surface area contributed by atoms with Crippen LogP contribution in [0.15, 0.2) is 29.2 Å². The highest BCUT2D eigenvalue weighted by Crippen LogP contribution is 2.16. The zero-order valence-corrected chi connectivity index (χ0v) is 18.9. The predicted octanol–water partition coefficient (Wildman–Crippen LogP) is 1.31. The lowest BCUT2D eigenvalue weighted by Gasteiger charge is -2.34. The monoisotopic (exact) mass is 439 g/mol. The molecule has 0 spiro atoms. The van der Waals surface area contributed by atoms with E-state index in [1.54, 1.807) is 12.1 Å². The molecular formula is C21H33N3O5S. The summed E-state index contributed by atoms with van der Waals surface area (Å²) in [5.41, 5.74) is 0. The van der Waals surface area contributed by atoms with E-state index >= 15 is 0 Å². The van der Waals surface area contributed by atoms with E-state index in [1.165, 1.54) is 12.1 Å².